The molecule has 1 aromatic carbocycles. The van der Waals surface area contributed by atoms with Gasteiger partial charge in [0.2, 0.25) is 0 Å². The molecule has 1 heterocycles. The van der Waals surface area contributed by atoms with Gasteiger partial charge >= 0.3 is 5.97 Å². The Balaban J connectivity index is 2.11. The molecule has 0 aliphatic carbocycles. The second-order valence-electron chi connectivity index (χ2n) is 5.08. The fourth-order valence-electron chi connectivity index (χ4n) is 2.40. The number of benzene rings is 1. The predicted molar refractivity (Wildman–Crippen MR) is 86.5 cm³/mol. The normalized spacial score (nSPS) is 27.6. The first-order chi connectivity index (χ1) is 11.2. The second-order valence-corrected chi connectivity index (χ2v) is 5.72. The summed E-state index contributed by atoms with van der Waals surface area (Å²) in [6.45, 7) is 0.107. The van der Waals surface area contributed by atoms with Gasteiger partial charge < -0.3 is 23.7 Å². The van der Waals surface area contributed by atoms with E-state index in [1.807, 2.05) is 6.07 Å². The third kappa shape index (κ3) is 4.99. The molecule has 0 bridgehead atoms. The van der Waals surface area contributed by atoms with E-state index in [9.17, 15) is 4.79 Å². The standard InChI is InChI=1S/C16H21BrO6/c1-19-10-21-12-8-14(20-2)22-13(9-17)15(12)23-16(18)11-6-4-3-5-7-11/h3-7,12-15H,8-10H2,1-2H3/t12-,13+,14-,15-/m0/s1. The molecule has 0 unspecified atom stereocenters. The van der Waals surface area contributed by atoms with Crippen molar-refractivity contribution < 1.29 is 28.5 Å². The Morgan fingerprint density at radius 2 is 2.04 bits per heavy atom. The molecule has 7 heteroatoms. The summed E-state index contributed by atoms with van der Waals surface area (Å²) in [6.07, 6.45) is -1.25. The molecule has 1 aliphatic rings. The Labute approximate surface area is 144 Å². The molecule has 6 nitrogen and oxygen atoms in total. The summed E-state index contributed by atoms with van der Waals surface area (Å²) in [4.78, 5) is 12.3. The van der Waals surface area contributed by atoms with Crippen LogP contribution in [0, 0.1) is 0 Å². The van der Waals surface area contributed by atoms with Crippen LogP contribution in [0.3, 0.4) is 0 Å². The Kier molecular flexibility index (Phi) is 7.45. The van der Waals surface area contributed by atoms with E-state index in [2.05, 4.69) is 15.9 Å². The van der Waals surface area contributed by atoms with Gasteiger partial charge in [0.25, 0.3) is 0 Å². The summed E-state index contributed by atoms with van der Waals surface area (Å²) < 4.78 is 27.3. The van der Waals surface area contributed by atoms with Crippen LogP contribution in [-0.4, -0.2) is 56.9 Å². The molecule has 0 aromatic heterocycles. The smallest absolute Gasteiger partial charge is 0.338 e. The fraction of sp³-hybridized carbons (Fsp3) is 0.562. The van der Waals surface area contributed by atoms with E-state index in [-0.39, 0.29) is 19.0 Å². The molecule has 0 N–H and O–H groups in total. The average molecular weight is 389 g/mol. The lowest BCUT2D eigenvalue weighted by atomic mass is 10.0. The third-order valence-corrected chi connectivity index (χ3v) is 4.19. The minimum atomic E-state index is -0.552. The van der Waals surface area contributed by atoms with E-state index in [0.29, 0.717) is 17.3 Å². The number of hydrogen-bond donors (Lipinski definition) is 0. The van der Waals surface area contributed by atoms with Gasteiger partial charge in [-0.25, -0.2) is 4.79 Å². The van der Waals surface area contributed by atoms with Crippen molar-refractivity contribution in [3.05, 3.63) is 35.9 Å². The first-order valence-electron chi connectivity index (χ1n) is 7.30. The van der Waals surface area contributed by atoms with Gasteiger partial charge in [0.05, 0.1) is 5.56 Å². The number of alkyl halides is 1. The largest absolute Gasteiger partial charge is 0.453 e. The van der Waals surface area contributed by atoms with Crippen LogP contribution in [0.25, 0.3) is 0 Å². The summed E-state index contributed by atoms with van der Waals surface area (Å²) in [5, 5.41) is 0.492. The predicted octanol–water partition coefficient (Wildman–Crippen LogP) is 2.36. The van der Waals surface area contributed by atoms with Gasteiger partial charge in [0.1, 0.15) is 19.0 Å². The lowest BCUT2D eigenvalue weighted by molar-refractivity contribution is -0.253. The summed E-state index contributed by atoms with van der Waals surface area (Å²) in [5.41, 5.74) is 0.486. The number of carbonyl (C=O) groups excluding carboxylic acids is 1. The van der Waals surface area contributed by atoms with Crippen LogP contribution in [0.5, 0.6) is 0 Å². The highest BCUT2D eigenvalue weighted by Crippen LogP contribution is 2.27. The number of carbonyl (C=O) groups is 1. The first kappa shape index (κ1) is 18.4. The van der Waals surface area contributed by atoms with E-state index in [1.165, 1.54) is 0 Å². The van der Waals surface area contributed by atoms with Crippen molar-refractivity contribution in [3.8, 4) is 0 Å². The number of methoxy groups -OCH3 is 2. The molecule has 1 saturated heterocycles. The molecule has 2 rings (SSSR count). The summed E-state index contributed by atoms with van der Waals surface area (Å²) in [7, 11) is 3.11. The molecule has 1 fully saturated rings. The Hall–Kier alpha value is -0.990. The zero-order valence-electron chi connectivity index (χ0n) is 13.1. The highest BCUT2D eigenvalue weighted by atomic mass is 79.9. The van der Waals surface area contributed by atoms with Gasteiger partial charge in [-0.2, -0.15) is 0 Å². The highest BCUT2D eigenvalue weighted by Gasteiger charge is 2.42. The average Bonchev–Trinajstić information content (AvgIpc) is 2.61. The van der Waals surface area contributed by atoms with Crippen molar-refractivity contribution in [3.63, 3.8) is 0 Å². The summed E-state index contributed by atoms with van der Waals surface area (Å²) >= 11 is 3.39. The van der Waals surface area contributed by atoms with Gasteiger partial charge in [-0.15, -0.1) is 0 Å². The van der Waals surface area contributed by atoms with Crippen LogP contribution in [0.1, 0.15) is 16.8 Å². The van der Waals surface area contributed by atoms with Crippen molar-refractivity contribution in [2.45, 2.75) is 31.0 Å². The second kappa shape index (κ2) is 9.34. The maximum absolute atomic E-state index is 12.3. The van der Waals surface area contributed by atoms with Gasteiger partial charge in [-0.05, 0) is 12.1 Å². The SMILES string of the molecule is COCO[C@H]1C[C@@H](OC)O[C@H](CBr)[C@H]1OC(=O)c1ccccc1. The van der Waals surface area contributed by atoms with Gasteiger partial charge in [-0.3, -0.25) is 0 Å². The molecule has 23 heavy (non-hydrogen) atoms. The van der Waals surface area contributed by atoms with Gasteiger partial charge in [-0.1, -0.05) is 34.1 Å². The van der Waals surface area contributed by atoms with E-state index in [1.54, 1.807) is 38.5 Å². The Bertz CT molecular complexity index is 483. The molecule has 1 aromatic rings. The van der Waals surface area contributed by atoms with Crippen molar-refractivity contribution in [2.24, 2.45) is 0 Å². The molecule has 4 atom stereocenters. The molecule has 0 amide bonds. The molecule has 0 spiro atoms. The summed E-state index contributed by atoms with van der Waals surface area (Å²) in [5.74, 6) is -0.410. The molecule has 0 radical (unpaired) electrons. The Morgan fingerprint density at radius 1 is 1.30 bits per heavy atom. The van der Waals surface area contributed by atoms with E-state index >= 15 is 0 Å². The topological polar surface area (TPSA) is 63.2 Å². The number of hydrogen-bond acceptors (Lipinski definition) is 6. The quantitative estimate of drug-likeness (QED) is 0.405. The molecular weight excluding hydrogens is 368 g/mol. The van der Waals surface area contributed by atoms with Gasteiger partial charge in [0, 0.05) is 26.0 Å². The van der Waals surface area contributed by atoms with E-state index in [0.717, 1.165) is 0 Å². The summed E-state index contributed by atoms with van der Waals surface area (Å²) in [6, 6.07) is 8.83. The van der Waals surface area contributed by atoms with Crippen molar-refractivity contribution >= 4 is 21.9 Å². The van der Waals surface area contributed by atoms with Gasteiger partial charge in [0.15, 0.2) is 12.4 Å². The third-order valence-electron chi connectivity index (χ3n) is 3.55. The zero-order chi connectivity index (χ0) is 16.7. The number of ether oxygens (including phenoxy) is 5. The van der Waals surface area contributed by atoms with Crippen LogP contribution in [-0.2, 0) is 23.7 Å². The van der Waals surface area contributed by atoms with Crippen LogP contribution in [0.4, 0.5) is 0 Å². The van der Waals surface area contributed by atoms with Crippen LogP contribution < -0.4 is 0 Å². The maximum atomic E-state index is 12.3. The lowest BCUT2D eigenvalue weighted by Crippen LogP contribution is -2.52. The Morgan fingerprint density at radius 3 is 2.65 bits per heavy atom. The first-order valence-corrected chi connectivity index (χ1v) is 8.42. The molecule has 1 aliphatic heterocycles. The number of esters is 1. The number of rotatable bonds is 7. The zero-order valence-corrected chi connectivity index (χ0v) is 14.7. The van der Waals surface area contributed by atoms with Crippen molar-refractivity contribution in [1.82, 2.24) is 0 Å². The highest BCUT2D eigenvalue weighted by molar-refractivity contribution is 9.09. The monoisotopic (exact) mass is 388 g/mol. The minimum Gasteiger partial charge on any atom is -0.453 e. The van der Waals surface area contributed by atoms with Crippen LogP contribution in [0.2, 0.25) is 0 Å². The maximum Gasteiger partial charge on any atom is 0.338 e. The number of halogens is 1. The molecule has 0 saturated carbocycles. The molecule has 128 valence electrons. The van der Waals surface area contributed by atoms with Crippen molar-refractivity contribution in [1.29, 1.82) is 0 Å². The lowest BCUT2D eigenvalue weighted by Gasteiger charge is -2.39. The van der Waals surface area contributed by atoms with Crippen LogP contribution in [0.15, 0.2) is 30.3 Å². The minimum absolute atomic E-state index is 0.107. The van der Waals surface area contributed by atoms with Crippen molar-refractivity contribution in [2.75, 3.05) is 26.3 Å². The van der Waals surface area contributed by atoms with E-state index in [4.69, 9.17) is 23.7 Å². The molecular formula is C16H21BrO6. The fourth-order valence-corrected chi connectivity index (χ4v) is 2.92. The van der Waals surface area contributed by atoms with E-state index < -0.39 is 18.4 Å². The van der Waals surface area contributed by atoms with Crippen LogP contribution >= 0.6 is 15.9 Å².